The second-order valence-electron chi connectivity index (χ2n) is 2.79. The molecule has 0 aliphatic carbocycles. The highest BCUT2D eigenvalue weighted by molar-refractivity contribution is 5.65. The molecule has 1 atom stereocenters. The van der Waals surface area contributed by atoms with E-state index < -0.39 is 17.9 Å². The van der Waals surface area contributed by atoms with Gasteiger partial charge in [-0.25, -0.2) is 0 Å². The van der Waals surface area contributed by atoms with Crippen LogP contribution in [0.5, 0.6) is 0 Å². The van der Waals surface area contributed by atoms with E-state index in [1.165, 1.54) is 6.92 Å². The zero-order valence-electron chi connectivity index (χ0n) is 6.82. The molecule has 70 valence electrons. The highest BCUT2D eigenvalue weighted by atomic mass is 16.6. The molecule has 1 fully saturated rings. The van der Waals surface area contributed by atoms with Gasteiger partial charge >= 0.3 is 5.97 Å². The average molecular weight is 176 g/mol. The minimum atomic E-state index is -1.85. The fourth-order valence-corrected chi connectivity index (χ4v) is 1.02. The Bertz CT molecular complexity index is 177. The first-order chi connectivity index (χ1) is 5.52. The van der Waals surface area contributed by atoms with Gasteiger partial charge in [0.05, 0.1) is 6.61 Å². The van der Waals surface area contributed by atoms with E-state index in [9.17, 15) is 15.0 Å². The number of rotatable bonds is 2. The van der Waals surface area contributed by atoms with Gasteiger partial charge < -0.3 is 19.7 Å². The van der Waals surface area contributed by atoms with Gasteiger partial charge in [0.1, 0.15) is 12.7 Å². The number of hydrogen-bond acceptors (Lipinski definition) is 5. The summed E-state index contributed by atoms with van der Waals surface area (Å²) in [7, 11) is 0. The van der Waals surface area contributed by atoms with Gasteiger partial charge in [0, 0.05) is 13.3 Å². The van der Waals surface area contributed by atoms with Crippen molar-refractivity contribution in [1.29, 1.82) is 0 Å². The molecule has 0 spiro atoms. The molecule has 2 N–H and O–H groups in total. The van der Waals surface area contributed by atoms with Crippen LogP contribution in [0.2, 0.25) is 0 Å². The van der Waals surface area contributed by atoms with Crippen LogP contribution >= 0.6 is 0 Å². The number of carbonyl (C=O) groups is 1. The summed E-state index contributed by atoms with van der Waals surface area (Å²) in [6, 6.07) is 0. The standard InChI is InChI=1S/C7H12O5/c1-5(8)12-4-6-7(9,10)2-3-11-6/h6,9-10H,2-4H2,1H3/t6-/m1/s1. The van der Waals surface area contributed by atoms with Crippen molar-refractivity contribution < 1.29 is 24.5 Å². The van der Waals surface area contributed by atoms with Gasteiger partial charge in [-0.05, 0) is 0 Å². The summed E-state index contributed by atoms with van der Waals surface area (Å²) < 4.78 is 9.52. The van der Waals surface area contributed by atoms with Crippen LogP contribution in [-0.2, 0) is 14.3 Å². The lowest BCUT2D eigenvalue weighted by Crippen LogP contribution is -2.41. The van der Waals surface area contributed by atoms with E-state index in [0.29, 0.717) is 0 Å². The lowest BCUT2D eigenvalue weighted by atomic mass is 10.1. The number of hydrogen-bond donors (Lipinski definition) is 2. The van der Waals surface area contributed by atoms with E-state index in [2.05, 4.69) is 4.74 Å². The molecule has 1 heterocycles. The molecule has 5 heteroatoms. The molecule has 1 rings (SSSR count). The summed E-state index contributed by atoms with van der Waals surface area (Å²) in [5.41, 5.74) is 0. The van der Waals surface area contributed by atoms with Gasteiger partial charge in [0.15, 0.2) is 5.79 Å². The molecular weight excluding hydrogens is 164 g/mol. The minimum absolute atomic E-state index is 0.109. The van der Waals surface area contributed by atoms with E-state index >= 15 is 0 Å². The molecular formula is C7H12O5. The summed E-state index contributed by atoms with van der Waals surface area (Å²) in [6.07, 6.45) is -0.666. The predicted octanol–water partition coefficient (Wildman–Crippen LogP) is -0.981. The molecule has 0 bridgehead atoms. The maximum absolute atomic E-state index is 10.4. The van der Waals surface area contributed by atoms with Gasteiger partial charge in [0.2, 0.25) is 0 Å². The third-order valence-corrected chi connectivity index (χ3v) is 1.74. The van der Waals surface area contributed by atoms with Crippen LogP contribution in [0, 0.1) is 0 Å². The minimum Gasteiger partial charge on any atom is -0.463 e. The fourth-order valence-electron chi connectivity index (χ4n) is 1.02. The molecule has 1 saturated heterocycles. The zero-order chi connectivity index (χ0) is 9.19. The van der Waals surface area contributed by atoms with E-state index in [1.54, 1.807) is 0 Å². The van der Waals surface area contributed by atoms with E-state index in [1.807, 2.05) is 0 Å². The van der Waals surface area contributed by atoms with Crippen molar-refractivity contribution in [3.63, 3.8) is 0 Å². The quantitative estimate of drug-likeness (QED) is 0.417. The molecule has 0 radical (unpaired) electrons. The highest BCUT2D eigenvalue weighted by Gasteiger charge is 2.41. The zero-order valence-corrected chi connectivity index (χ0v) is 6.82. The van der Waals surface area contributed by atoms with Crippen LogP contribution < -0.4 is 0 Å². The third-order valence-electron chi connectivity index (χ3n) is 1.74. The Balaban J connectivity index is 2.36. The number of aliphatic hydroxyl groups is 2. The van der Waals surface area contributed by atoms with Crippen LogP contribution in [0.3, 0.4) is 0 Å². The Labute approximate surface area is 69.9 Å². The normalized spacial score (nSPS) is 27.1. The molecule has 0 unspecified atom stereocenters. The maximum Gasteiger partial charge on any atom is 0.302 e. The lowest BCUT2D eigenvalue weighted by molar-refractivity contribution is -0.205. The topological polar surface area (TPSA) is 76.0 Å². The van der Waals surface area contributed by atoms with Crippen molar-refractivity contribution in [3.8, 4) is 0 Å². The van der Waals surface area contributed by atoms with Gasteiger partial charge in [-0.15, -0.1) is 0 Å². The van der Waals surface area contributed by atoms with E-state index in [4.69, 9.17) is 4.74 Å². The Morgan fingerprint density at radius 2 is 2.42 bits per heavy atom. The SMILES string of the molecule is CC(=O)OC[C@H]1OCCC1(O)O. The molecule has 0 amide bonds. The highest BCUT2D eigenvalue weighted by Crippen LogP contribution is 2.22. The summed E-state index contributed by atoms with van der Waals surface area (Å²) in [5.74, 6) is -2.31. The second kappa shape index (κ2) is 3.38. The lowest BCUT2D eigenvalue weighted by Gasteiger charge is -2.21. The summed E-state index contributed by atoms with van der Waals surface area (Å²) in [5, 5.41) is 18.4. The van der Waals surface area contributed by atoms with E-state index in [-0.39, 0.29) is 19.6 Å². The van der Waals surface area contributed by atoms with Crippen molar-refractivity contribution in [1.82, 2.24) is 0 Å². The van der Waals surface area contributed by atoms with Crippen molar-refractivity contribution in [2.45, 2.75) is 25.2 Å². The first-order valence-corrected chi connectivity index (χ1v) is 3.72. The molecule has 0 saturated carbocycles. The first kappa shape index (κ1) is 9.44. The molecule has 12 heavy (non-hydrogen) atoms. The van der Waals surface area contributed by atoms with Gasteiger partial charge in [0.25, 0.3) is 0 Å². The average Bonchev–Trinajstić information content (AvgIpc) is 2.25. The molecule has 1 aliphatic heterocycles. The first-order valence-electron chi connectivity index (χ1n) is 3.72. The van der Waals surface area contributed by atoms with Gasteiger partial charge in [-0.3, -0.25) is 4.79 Å². The fraction of sp³-hybridized carbons (Fsp3) is 0.857. The monoisotopic (exact) mass is 176 g/mol. The molecule has 1 aliphatic rings. The number of ether oxygens (including phenoxy) is 2. The molecule has 0 aromatic carbocycles. The Hall–Kier alpha value is -0.650. The third kappa shape index (κ3) is 2.17. The van der Waals surface area contributed by atoms with Crippen molar-refractivity contribution in [3.05, 3.63) is 0 Å². The van der Waals surface area contributed by atoms with Crippen molar-refractivity contribution >= 4 is 5.97 Å². The van der Waals surface area contributed by atoms with Crippen LogP contribution in [0.25, 0.3) is 0 Å². The van der Waals surface area contributed by atoms with Gasteiger partial charge in [-0.1, -0.05) is 0 Å². The molecule has 0 aromatic heterocycles. The smallest absolute Gasteiger partial charge is 0.302 e. The van der Waals surface area contributed by atoms with Crippen molar-refractivity contribution in [2.24, 2.45) is 0 Å². The maximum atomic E-state index is 10.4. The number of carbonyl (C=O) groups excluding carboxylic acids is 1. The second-order valence-corrected chi connectivity index (χ2v) is 2.79. The summed E-state index contributed by atoms with van der Waals surface area (Å²) >= 11 is 0. The Kier molecular flexibility index (Phi) is 2.66. The van der Waals surface area contributed by atoms with E-state index in [0.717, 1.165) is 0 Å². The Morgan fingerprint density at radius 1 is 1.75 bits per heavy atom. The van der Waals surface area contributed by atoms with Gasteiger partial charge in [-0.2, -0.15) is 0 Å². The van der Waals surface area contributed by atoms with Crippen molar-refractivity contribution in [2.75, 3.05) is 13.2 Å². The predicted molar refractivity (Wildman–Crippen MR) is 38.2 cm³/mol. The summed E-state index contributed by atoms with van der Waals surface area (Å²) in [4.78, 5) is 10.4. The van der Waals surface area contributed by atoms with Crippen LogP contribution in [-0.4, -0.2) is 41.3 Å². The summed E-state index contributed by atoms with van der Waals surface area (Å²) in [6.45, 7) is 1.42. The Morgan fingerprint density at radius 3 is 2.83 bits per heavy atom. The van der Waals surface area contributed by atoms with Crippen LogP contribution in [0.4, 0.5) is 0 Å². The van der Waals surface area contributed by atoms with Crippen LogP contribution in [0.15, 0.2) is 0 Å². The largest absolute Gasteiger partial charge is 0.463 e. The molecule has 5 nitrogen and oxygen atoms in total. The molecule has 0 aromatic rings. The van der Waals surface area contributed by atoms with Crippen LogP contribution in [0.1, 0.15) is 13.3 Å². The number of esters is 1.